The van der Waals surface area contributed by atoms with Crippen molar-refractivity contribution in [1.82, 2.24) is 4.90 Å². The lowest BCUT2D eigenvalue weighted by Gasteiger charge is -2.28. The summed E-state index contributed by atoms with van der Waals surface area (Å²) in [5.74, 6) is -0.0172. The van der Waals surface area contributed by atoms with E-state index in [-0.39, 0.29) is 71.2 Å². The van der Waals surface area contributed by atoms with Crippen LogP contribution in [0.1, 0.15) is 86.4 Å². The first kappa shape index (κ1) is 98.9. The molecule has 0 aliphatic heterocycles. The van der Waals surface area contributed by atoms with Crippen LogP contribution in [-0.2, 0) is 4.79 Å². The van der Waals surface area contributed by atoms with Gasteiger partial charge >= 0.3 is 0 Å². The number of aryl methyl sites for hydroxylation is 8. The van der Waals surface area contributed by atoms with Crippen molar-refractivity contribution in [3.63, 3.8) is 0 Å². The maximum absolute atomic E-state index is 12.3. The second kappa shape index (κ2) is 51.0. The van der Waals surface area contributed by atoms with Crippen molar-refractivity contribution < 1.29 is 40.5 Å². The van der Waals surface area contributed by atoms with Gasteiger partial charge in [-0.25, -0.2) is 0 Å². The number of aliphatic hydroxyl groups excluding tert-OH is 7. The zero-order valence-electron chi connectivity index (χ0n) is 78.5. The summed E-state index contributed by atoms with van der Waals surface area (Å²) in [5.41, 5.74) is 31.7. The first-order chi connectivity index (χ1) is 65.3. The SMILES string of the molecule is Cc1ccc(N(c2ccc(C)cc2)c2ccc(C(CCCCO)c3ccc(N(c4ccc(C)cc4)c4ccc(C)cc4)cc3)cc2)cc1.Cc1ccc(N(c2ccc(C)cc2)c2ccc(N(CCO)CCO)cc2)cc1.Cc1ccc(N(c2ccc(C)cc2)c2cccc(N(CCO)CCO)c2)cc1.O=C(/C=C/c1ccc(N(c2ccccc2)c2ccccc2)cc1)N(CCO)CCO. The minimum absolute atomic E-state index is 0.0455. The van der Waals surface area contributed by atoms with Gasteiger partial charge in [-0.3, -0.25) is 4.79 Å². The molecule has 15 aromatic carbocycles. The highest BCUT2D eigenvalue weighted by Gasteiger charge is 2.23. The van der Waals surface area contributed by atoms with Gasteiger partial charge in [-0.05, 0) is 291 Å². The van der Waals surface area contributed by atoms with E-state index in [2.05, 4.69) is 371 Å². The Morgan fingerprint density at radius 3 is 0.731 bits per heavy atom. The van der Waals surface area contributed by atoms with Gasteiger partial charge in [0.1, 0.15) is 0 Å². The Morgan fingerprint density at radius 2 is 0.455 bits per heavy atom. The standard InChI is InChI=1S/C45H46N2O.C25H26N2O3.2C24H28N2O2/c1-33-8-20-39(21-9-33)46(40-22-10-34(2)11-23-40)43-28-16-37(17-29-43)45(7-5-6-32-48)38-18-30-44(31-19-38)47(41-24-12-35(3)13-25-41)42-26-14-36(4)15-27-42;28-19-17-26(18-20-29)25(30)16-13-21-11-14-24(15-12-21)27(22-7-3-1-4-8-22)23-9-5-2-6-10-23;1-19-3-7-22(8-4-19)26(23-9-5-20(2)6-10-23)24-13-11-21(12-14-24)25(15-17-27)16-18-28;1-19-6-10-21(11-7-19)26(22-12-8-20(2)9-13-22)24-5-3-4-23(18-24)25(14-16-27)15-17-28/h8-31,45,48H,5-7,32H2,1-4H3;1-16,28-29H,17-20H2;3-14,27-28H,15-18H2,1-2H3;3-13,18,27-28H,14-17H2,1-2H3/b;16-13+;;. The number of amides is 1. The monoisotopic (exact) mass is 1780 g/mol. The molecule has 7 N–H and O–H groups in total. The van der Waals surface area contributed by atoms with Crippen LogP contribution < -0.4 is 34.3 Å². The lowest BCUT2D eigenvalue weighted by Crippen LogP contribution is -2.34. The number of benzene rings is 15. The quantitative estimate of drug-likeness (QED) is 0.0144. The van der Waals surface area contributed by atoms with E-state index in [0.29, 0.717) is 26.2 Å². The van der Waals surface area contributed by atoms with Crippen LogP contribution in [0.5, 0.6) is 0 Å². The first-order valence-electron chi connectivity index (χ1n) is 46.2. The van der Waals surface area contributed by atoms with E-state index in [1.165, 1.54) is 66.6 Å². The van der Waals surface area contributed by atoms with E-state index >= 15 is 0 Å². The fraction of sp³-hybridized carbons (Fsp3) is 0.212. The van der Waals surface area contributed by atoms with E-state index in [0.717, 1.165) is 122 Å². The topological polar surface area (TPSA) is 185 Å². The van der Waals surface area contributed by atoms with Crippen molar-refractivity contribution in [2.75, 3.05) is 120 Å². The molecule has 0 saturated carbocycles. The third-order valence-corrected chi connectivity index (χ3v) is 23.4. The third kappa shape index (κ3) is 28.0. The largest absolute Gasteiger partial charge is 0.396 e. The Bertz CT molecular complexity index is 5620. The van der Waals surface area contributed by atoms with Crippen LogP contribution in [0.3, 0.4) is 0 Å². The van der Waals surface area contributed by atoms with Crippen molar-refractivity contribution in [1.29, 1.82) is 0 Å². The molecule has 16 nitrogen and oxygen atoms in total. The molecule has 0 atom stereocenters. The van der Waals surface area contributed by atoms with Crippen LogP contribution >= 0.6 is 0 Å². The van der Waals surface area contributed by atoms with Crippen LogP contribution in [-0.4, -0.2) is 132 Å². The number of para-hydroxylation sites is 2. The Hall–Kier alpha value is -14.2. The molecule has 134 heavy (non-hydrogen) atoms. The number of hydrogen-bond acceptors (Lipinski definition) is 15. The van der Waals surface area contributed by atoms with Crippen molar-refractivity contribution in [3.05, 3.63) is 443 Å². The van der Waals surface area contributed by atoms with Crippen molar-refractivity contribution in [2.24, 2.45) is 0 Å². The Balaban J connectivity index is 0.000000166. The number of carbonyl (C=O) groups is 1. The third-order valence-electron chi connectivity index (χ3n) is 23.4. The van der Waals surface area contributed by atoms with Crippen molar-refractivity contribution >= 4 is 109 Å². The Labute approximate surface area is 793 Å². The van der Waals surface area contributed by atoms with E-state index in [9.17, 15) is 30.3 Å². The maximum Gasteiger partial charge on any atom is 0.246 e. The van der Waals surface area contributed by atoms with E-state index < -0.39 is 0 Å². The lowest BCUT2D eigenvalue weighted by molar-refractivity contribution is -0.127. The zero-order chi connectivity index (χ0) is 94.5. The molecule has 0 spiro atoms. The summed E-state index contributed by atoms with van der Waals surface area (Å²) in [4.78, 5) is 28.9. The fourth-order valence-electron chi connectivity index (χ4n) is 16.1. The van der Waals surface area contributed by atoms with Crippen LogP contribution in [0.4, 0.5) is 96.7 Å². The average Bonchev–Trinajstić information content (AvgIpc) is 0.874. The lowest BCUT2D eigenvalue weighted by atomic mass is 9.86. The molecule has 0 bridgehead atoms. The number of unbranched alkanes of at least 4 members (excludes halogenated alkanes) is 1. The molecule has 0 saturated heterocycles. The van der Waals surface area contributed by atoms with Crippen LogP contribution in [0.15, 0.2) is 382 Å². The average molecular weight is 1790 g/mol. The molecule has 688 valence electrons. The number of carbonyl (C=O) groups excluding carboxylic acids is 1. The molecule has 16 heteroatoms. The normalized spacial score (nSPS) is 10.9. The summed E-state index contributed by atoms with van der Waals surface area (Å²) in [6.45, 7) is 19.4. The number of aliphatic hydroxyl groups is 7. The van der Waals surface area contributed by atoms with Gasteiger partial charge < -0.3 is 74.9 Å². The molecule has 1 amide bonds. The summed E-state index contributed by atoms with van der Waals surface area (Å²) in [6, 6.07) is 132. The summed E-state index contributed by atoms with van der Waals surface area (Å²) in [7, 11) is 0. The molecule has 0 aromatic heterocycles. The smallest absolute Gasteiger partial charge is 0.246 e. The molecular formula is C118H128N8O8. The maximum atomic E-state index is 12.3. The first-order valence-corrected chi connectivity index (χ1v) is 46.2. The number of rotatable bonds is 37. The van der Waals surface area contributed by atoms with Crippen molar-refractivity contribution in [2.45, 2.75) is 80.6 Å². The van der Waals surface area contributed by atoms with Crippen LogP contribution in [0.2, 0.25) is 0 Å². The molecular weight excluding hydrogens is 1660 g/mol. The predicted molar refractivity (Wildman–Crippen MR) is 559 cm³/mol. The van der Waals surface area contributed by atoms with E-state index in [1.54, 1.807) is 6.08 Å². The summed E-state index contributed by atoms with van der Waals surface area (Å²) in [5, 5.41) is 65.0. The number of hydrogen-bond donors (Lipinski definition) is 7. The van der Waals surface area contributed by atoms with Crippen LogP contribution in [0, 0.1) is 55.4 Å². The van der Waals surface area contributed by atoms with Gasteiger partial charge in [0, 0.05) is 155 Å². The molecule has 0 unspecified atom stereocenters. The molecule has 0 radical (unpaired) electrons. The molecule has 0 heterocycles. The van der Waals surface area contributed by atoms with E-state index in [4.69, 9.17) is 10.2 Å². The highest BCUT2D eigenvalue weighted by Crippen LogP contribution is 2.43. The van der Waals surface area contributed by atoms with Gasteiger partial charge in [0.05, 0.1) is 39.6 Å². The van der Waals surface area contributed by atoms with Crippen LogP contribution in [0.25, 0.3) is 6.08 Å². The van der Waals surface area contributed by atoms with Gasteiger partial charge in [-0.15, -0.1) is 0 Å². The zero-order valence-corrected chi connectivity index (χ0v) is 78.5. The van der Waals surface area contributed by atoms with Gasteiger partial charge in [0.2, 0.25) is 5.91 Å². The molecule has 0 aliphatic rings. The summed E-state index contributed by atoms with van der Waals surface area (Å²) < 4.78 is 0. The summed E-state index contributed by atoms with van der Waals surface area (Å²) in [6.07, 6.45) is 5.94. The Morgan fingerprint density at radius 1 is 0.231 bits per heavy atom. The fourth-order valence-corrected chi connectivity index (χ4v) is 16.1. The second-order valence-electron chi connectivity index (χ2n) is 33.6. The molecule has 0 fully saturated rings. The molecule has 15 rings (SSSR count). The highest BCUT2D eigenvalue weighted by atomic mass is 16.3. The van der Waals surface area contributed by atoms with Gasteiger partial charge in [0.25, 0.3) is 0 Å². The molecule has 15 aromatic rings. The minimum atomic E-state index is -0.239. The van der Waals surface area contributed by atoms with E-state index in [1.807, 2.05) is 94.7 Å². The number of anilines is 17. The van der Waals surface area contributed by atoms with Gasteiger partial charge in [-0.2, -0.15) is 0 Å². The van der Waals surface area contributed by atoms with Gasteiger partial charge in [0.15, 0.2) is 0 Å². The Kier molecular flexibility index (Phi) is 37.6. The minimum Gasteiger partial charge on any atom is -0.396 e. The van der Waals surface area contributed by atoms with Gasteiger partial charge in [-0.1, -0.05) is 227 Å². The predicted octanol–water partition coefficient (Wildman–Crippen LogP) is 25.3. The summed E-state index contributed by atoms with van der Waals surface area (Å²) >= 11 is 0. The molecule has 0 aliphatic carbocycles. The highest BCUT2D eigenvalue weighted by molar-refractivity contribution is 5.92. The van der Waals surface area contributed by atoms with Crippen molar-refractivity contribution in [3.8, 4) is 0 Å². The second-order valence-corrected chi connectivity index (χ2v) is 33.6. The number of nitrogens with zero attached hydrogens (tertiary/aromatic N) is 8.